The molecule has 0 aliphatic rings. The van der Waals surface area contributed by atoms with Crippen LogP contribution in [0.15, 0.2) is 36.4 Å². The standard InChI is InChI=1S/C16H16N2O2S/c1-9-4-3-5-10(6-9)15(19)12-7-11(20-2)8-13-14(12)18-16(17)21-13/h3-8,15,19H,1-2H3,(H2,17,18). The number of nitrogen functional groups attached to an aromatic ring is 1. The van der Waals surface area contributed by atoms with Gasteiger partial charge in [-0.25, -0.2) is 4.98 Å². The van der Waals surface area contributed by atoms with Gasteiger partial charge in [0.2, 0.25) is 0 Å². The fourth-order valence-corrected chi connectivity index (χ4v) is 3.19. The van der Waals surface area contributed by atoms with E-state index in [1.54, 1.807) is 7.11 Å². The van der Waals surface area contributed by atoms with E-state index in [0.717, 1.165) is 21.3 Å². The minimum Gasteiger partial charge on any atom is -0.497 e. The maximum absolute atomic E-state index is 10.7. The van der Waals surface area contributed by atoms with Gasteiger partial charge in [0.25, 0.3) is 0 Å². The summed E-state index contributed by atoms with van der Waals surface area (Å²) >= 11 is 1.39. The van der Waals surface area contributed by atoms with Gasteiger partial charge in [-0.1, -0.05) is 41.2 Å². The van der Waals surface area contributed by atoms with E-state index in [9.17, 15) is 5.11 Å². The molecule has 5 heteroatoms. The minimum absolute atomic E-state index is 0.482. The van der Waals surface area contributed by atoms with Crippen LogP contribution in [0.4, 0.5) is 5.13 Å². The SMILES string of the molecule is COc1cc(C(O)c2cccc(C)c2)c2nc(N)sc2c1. The largest absolute Gasteiger partial charge is 0.497 e. The van der Waals surface area contributed by atoms with Crippen LogP contribution >= 0.6 is 11.3 Å². The summed E-state index contributed by atoms with van der Waals surface area (Å²) in [6, 6.07) is 11.5. The Bertz CT molecular complexity index is 798. The molecule has 0 saturated carbocycles. The number of fused-ring (bicyclic) bond motifs is 1. The van der Waals surface area contributed by atoms with Gasteiger partial charge in [0.05, 0.1) is 17.3 Å². The van der Waals surface area contributed by atoms with Crippen LogP contribution in [0.5, 0.6) is 5.75 Å². The molecular weight excluding hydrogens is 284 g/mol. The highest BCUT2D eigenvalue weighted by Crippen LogP contribution is 2.36. The molecule has 3 aromatic rings. The van der Waals surface area contributed by atoms with Crippen molar-refractivity contribution in [3.8, 4) is 5.75 Å². The Labute approximate surface area is 126 Å². The number of ether oxygens (including phenoxy) is 1. The molecular formula is C16H16N2O2S. The molecule has 1 aromatic heterocycles. The van der Waals surface area contributed by atoms with Crippen LogP contribution < -0.4 is 10.5 Å². The van der Waals surface area contributed by atoms with Crippen molar-refractivity contribution in [1.82, 2.24) is 4.98 Å². The summed E-state index contributed by atoms with van der Waals surface area (Å²) in [7, 11) is 1.61. The first-order chi connectivity index (χ1) is 10.1. The zero-order valence-electron chi connectivity index (χ0n) is 11.8. The van der Waals surface area contributed by atoms with E-state index in [1.165, 1.54) is 11.3 Å². The predicted molar refractivity (Wildman–Crippen MR) is 85.8 cm³/mol. The summed E-state index contributed by atoms with van der Waals surface area (Å²) in [4.78, 5) is 4.34. The lowest BCUT2D eigenvalue weighted by atomic mass is 9.99. The predicted octanol–water partition coefficient (Wildman–Crippen LogP) is 3.28. The number of thiazole rings is 1. The number of rotatable bonds is 3. The van der Waals surface area contributed by atoms with E-state index in [2.05, 4.69) is 4.98 Å². The van der Waals surface area contributed by atoms with Crippen LogP contribution in [0.25, 0.3) is 10.2 Å². The summed E-state index contributed by atoms with van der Waals surface area (Å²) < 4.78 is 6.22. The molecule has 1 heterocycles. The summed E-state index contributed by atoms with van der Waals surface area (Å²) in [5.74, 6) is 0.688. The van der Waals surface area contributed by atoms with Crippen LogP contribution in [0.2, 0.25) is 0 Å². The Hall–Kier alpha value is -2.11. The molecule has 2 aromatic carbocycles. The molecule has 3 rings (SSSR count). The third-order valence-electron chi connectivity index (χ3n) is 3.40. The number of hydrogen-bond acceptors (Lipinski definition) is 5. The topological polar surface area (TPSA) is 68.4 Å². The number of benzene rings is 2. The van der Waals surface area contributed by atoms with Gasteiger partial charge in [0.1, 0.15) is 11.9 Å². The van der Waals surface area contributed by atoms with Crippen molar-refractivity contribution in [3.05, 3.63) is 53.1 Å². The normalized spacial score (nSPS) is 12.5. The average Bonchev–Trinajstić information content (AvgIpc) is 2.85. The summed E-state index contributed by atoms with van der Waals surface area (Å²) in [5.41, 5.74) is 9.17. The van der Waals surface area contributed by atoms with E-state index >= 15 is 0 Å². The Kier molecular flexibility index (Phi) is 3.53. The molecule has 0 saturated heterocycles. The first-order valence-electron chi connectivity index (χ1n) is 6.57. The fourth-order valence-electron chi connectivity index (χ4n) is 2.39. The quantitative estimate of drug-likeness (QED) is 0.779. The maximum atomic E-state index is 10.7. The zero-order chi connectivity index (χ0) is 15.0. The van der Waals surface area contributed by atoms with Crippen LogP contribution in [0, 0.1) is 6.92 Å². The van der Waals surface area contributed by atoms with Crippen molar-refractivity contribution in [2.45, 2.75) is 13.0 Å². The first-order valence-corrected chi connectivity index (χ1v) is 7.38. The smallest absolute Gasteiger partial charge is 0.181 e. The second-order valence-corrected chi connectivity index (χ2v) is 5.99. The second kappa shape index (κ2) is 5.35. The maximum Gasteiger partial charge on any atom is 0.181 e. The second-order valence-electron chi connectivity index (χ2n) is 4.93. The lowest BCUT2D eigenvalue weighted by molar-refractivity contribution is 0.221. The molecule has 0 spiro atoms. The van der Waals surface area contributed by atoms with Gasteiger partial charge in [0, 0.05) is 5.56 Å². The molecule has 3 N–H and O–H groups in total. The van der Waals surface area contributed by atoms with Crippen molar-refractivity contribution in [3.63, 3.8) is 0 Å². The molecule has 0 radical (unpaired) electrons. The number of anilines is 1. The summed E-state index contributed by atoms with van der Waals surface area (Å²) in [6.07, 6.45) is -0.760. The molecule has 1 unspecified atom stereocenters. The van der Waals surface area contributed by atoms with Crippen LogP contribution in [0.1, 0.15) is 22.8 Å². The lowest BCUT2D eigenvalue weighted by Crippen LogP contribution is -2.02. The summed E-state index contributed by atoms with van der Waals surface area (Å²) in [5, 5.41) is 11.2. The average molecular weight is 300 g/mol. The van der Waals surface area contributed by atoms with Crippen LogP contribution in [-0.4, -0.2) is 17.2 Å². The fraction of sp³-hybridized carbons (Fsp3) is 0.188. The number of nitrogens with two attached hydrogens (primary N) is 1. The Morgan fingerprint density at radius 1 is 1.29 bits per heavy atom. The Balaban J connectivity index is 2.18. The number of aromatic nitrogens is 1. The highest BCUT2D eigenvalue weighted by atomic mass is 32.1. The molecule has 0 fully saturated rings. The van der Waals surface area contributed by atoms with Gasteiger partial charge < -0.3 is 15.6 Å². The highest BCUT2D eigenvalue weighted by molar-refractivity contribution is 7.22. The number of hydrogen-bond donors (Lipinski definition) is 2. The number of methoxy groups -OCH3 is 1. The van der Waals surface area contributed by atoms with Gasteiger partial charge in [-0.05, 0) is 24.6 Å². The number of aryl methyl sites for hydroxylation is 1. The van der Waals surface area contributed by atoms with Crippen LogP contribution in [-0.2, 0) is 0 Å². The number of aliphatic hydroxyl groups excluding tert-OH is 1. The van der Waals surface area contributed by atoms with E-state index in [0.29, 0.717) is 16.4 Å². The van der Waals surface area contributed by atoms with Crippen LogP contribution in [0.3, 0.4) is 0 Å². The third kappa shape index (κ3) is 2.57. The van der Waals surface area contributed by atoms with Gasteiger partial charge in [-0.3, -0.25) is 0 Å². The third-order valence-corrected chi connectivity index (χ3v) is 4.23. The van der Waals surface area contributed by atoms with Gasteiger partial charge in [0.15, 0.2) is 5.13 Å². The van der Waals surface area contributed by atoms with Gasteiger partial charge >= 0.3 is 0 Å². The number of nitrogens with zero attached hydrogens (tertiary/aromatic N) is 1. The number of aliphatic hydroxyl groups is 1. The van der Waals surface area contributed by atoms with E-state index in [1.807, 2.05) is 43.3 Å². The van der Waals surface area contributed by atoms with Crippen molar-refractivity contribution in [2.24, 2.45) is 0 Å². The molecule has 0 aliphatic carbocycles. The first kappa shape index (κ1) is 13.9. The lowest BCUT2D eigenvalue weighted by Gasteiger charge is -2.14. The van der Waals surface area contributed by atoms with Crippen molar-refractivity contribution in [2.75, 3.05) is 12.8 Å². The zero-order valence-corrected chi connectivity index (χ0v) is 12.6. The molecule has 4 nitrogen and oxygen atoms in total. The molecule has 0 amide bonds. The molecule has 21 heavy (non-hydrogen) atoms. The summed E-state index contributed by atoms with van der Waals surface area (Å²) in [6.45, 7) is 2.00. The van der Waals surface area contributed by atoms with Gasteiger partial charge in [-0.15, -0.1) is 0 Å². The van der Waals surface area contributed by atoms with E-state index in [-0.39, 0.29) is 0 Å². The highest BCUT2D eigenvalue weighted by Gasteiger charge is 2.18. The van der Waals surface area contributed by atoms with Crippen molar-refractivity contribution < 1.29 is 9.84 Å². The molecule has 1 atom stereocenters. The minimum atomic E-state index is -0.760. The Morgan fingerprint density at radius 3 is 2.81 bits per heavy atom. The van der Waals surface area contributed by atoms with E-state index in [4.69, 9.17) is 10.5 Å². The molecule has 108 valence electrons. The Morgan fingerprint density at radius 2 is 2.10 bits per heavy atom. The molecule has 0 bridgehead atoms. The van der Waals surface area contributed by atoms with Crippen molar-refractivity contribution >= 4 is 26.7 Å². The van der Waals surface area contributed by atoms with Gasteiger partial charge in [-0.2, -0.15) is 0 Å². The van der Waals surface area contributed by atoms with Crippen molar-refractivity contribution in [1.29, 1.82) is 0 Å². The van der Waals surface area contributed by atoms with E-state index < -0.39 is 6.10 Å². The molecule has 0 aliphatic heterocycles. The monoisotopic (exact) mass is 300 g/mol.